The zero-order chi connectivity index (χ0) is 15.5. The molecule has 0 aliphatic carbocycles. The fourth-order valence-corrected chi connectivity index (χ4v) is 3.82. The lowest BCUT2D eigenvalue weighted by atomic mass is 9.90. The lowest BCUT2D eigenvalue weighted by Crippen LogP contribution is -2.52. The predicted molar refractivity (Wildman–Crippen MR) is 86.9 cm³/mol. The van der Waals surface area contributed by atoms with Gasteiger partial charge in [-0.25, -0.2) is 9.69 Å². The van der Waals surface area contributed by atoms with E-state index in [2.05, 4.69) is 22.5 Å². The van der Waals surface area contributed by atoms with Gasteiger partial charge in [-0.05, 0) is 53.1 Å². The average molecular weight is 379 g/mol. The van der Waals surface area contributed by atoms with E-state index in [1.165, 1.54) is 11.3 Å². The van der Waals surface area contributed by atoms with Crippen LogP contribution < -0.4 is 5.73 Å². The van der Waals surface area contributed by atoms with Gasteiger partial charge in [0.25, 0.3) is 0 Å². The van der Waals surface area contributed by atoms with Gasteiger partial charge in [0, 0.05) is 14.7 Å². The first-order valence-corrected chi connectivity index (χ1v) is 7.65. The highest BCUT2D eigenvalue weighted by Crippen LogP contribution is 2.39. The second-order valence-corrected chi connectivity index (χ2v) is 6.69. The van der Waals surface area contributed by atoms with Crippen molar-refractivity contribution in [3.8, 4) is 0 Å². The molecule has 0 aliphatic rings. The van der Waals surface area contributed by atoms with E-state index >= 15 is 0 Å². The highest BCUT2D eigenvalue weighted by molar-refractivity contribution is 9.10. The van der Waals surface area contributed by atoms with Crippen molar-refractivity contribution in [2.75, 3.05) is 6.61 Å². The summed E-state index contributed by atoms with van der Waals surface area (Å²) in [5.41, 5.74) is 5.06. The van der Waals surface area contributed by atoms with Crippen molar-refractivity contribution in [1.82, 2.24) is 4.90 Å². The standard InChI is InChI=1S/C12H15BrN2O3S2/c1-7(5-16)4-12(2,9-3-8(13)6-20-9)15(10(14)19)11(17)18/h3,6,16H,1,4-5H2,2H3,(H2,14,19)(H,17,18). The molecule has 0 fully saturated rings. The molecule has 1 aromatic rings. The molecule has 0 spiro atoms. The molecule has 1 aromatic heterocycles. The Morgan fingerprint density at radius 1 is 1.70 bits per heavy atom. The van der Waals surface area contributed by atoms with E-state index in [1.54, 1.807) is 6.92 Å². The molecule has 4 N–H and O–H groups in total. The van der Waals surface area contributed by atoms with Gasteiger partial charge < -0.3 is 15.9 Å². The minimum atomic E-state index is -1.24. The number of hydrogen-bond donors (Lipinski definition) is 3. The van der Waals surface area contributed by atoms with Gasteiger partial charge in [0.05, 0.1) is 12.1 Å². The predicted octanol–water partition coefficient (Wildman–Crippen LogP) is 2.89. The van der Waals surface area contributed by atoms with Crippen molar-refractivity contribution < 1.29 is 15.0 Å². The third-order valence-electron chi connectivity index (χ3n) is 2.82. The number of nitrogens with two attached hydrogens (primary N) is 1. The van der Waals surface area contributed by atoms with E-state index in [9.17, 15) is 15.0 Å². The molecule has 8 heteroatoms. The Balaban J connectivity index is 3.35. The van der Waals surface area contributed by atoms with Gasteiger partial charge in [0.15, 0.2) is 5.11 Å². The molecule has 1 unspecified atom stereocenters. The van der Waals surface area contributed by atoms with Crippen LogP contribution in [0.3, 0.4) is 0 Å². The average Bonchev–Trinajstić information content (AvgIpc) is 2.75. The van der Waals surface area contributed by atoms with Crippen LogP contribution in [0.15, 0.2) is 28.1 Å². The molecule has 0 saturated heterocycles. The molecule has 1 rings (SSSR count). The number of aliphatic hydroxyl groups is 1. The van der Waals surface area contributed by atoms with Crippen molar-refractivity contribution in [1.29, 1.82) is 0 Å². The quantitative estimate of drug-likeness (QED) is 0.541. The van der Waals surface area contributed by atoms with E-state index in [-0.39, 0.29) is 18.1 Å². The molecule has 110 valence electrons. The Kier molecular flexibility index (Phi) is 5.69. The minimum absolute atomic E-state index is 0.222. The number of nitrogens with zero attached hydrogens (tertiary/aromatic N) is 1. The number of amides is 1. The Morgan fingerprint density at radius 3 is 2.65 bits per heavy atom. The van der Waals surface area contributed by atoms with Gasteiger partial charge >= 0.3 is 6.09 Å². The zero-order valence-electron chi connectivity index (χ0n) is 10.8. The molecule has 0 radical (unpaired) electrons. The normalized spacial score (nSPS) is 13.6. The van der Waals surface area contributed by atoms with Crippen LogP contribution in [0.2, 0.25) is 0 Å². The van der Waals surface area contributed by atoms with Crippen LogP contribution >= 0.6 is 39.5 Å². The second-order valence-electron chi connectivity index (χ2n) is 4.44. The monoisotopic (exact) mass is 378 g/mol. The highest BCUT2D eigenvalue weighted by Gasteiger charge is 2.40. The molecule has 20 heavy (non-hydrogen) atoms. The molecule has 1 amide bonds. The van der Waals surface area contributed by atoms with Crippen LogP contribution in [-0.4, -0.2) is 32.9 Å². The minimum Gasteiger partial charge on any atom is -0.465 e. The van der Waals surface area contributed by atoms with Crippen LogP contribution in [0.4, 0.5) is 4.79 Å². The van der Waals surface area contributed by atoms with Crippen LogP contribution in [0, 0.1) is 0 Å². The van der Waals surface area contributed by atoms with E-state index in [0.717, 1.165) is 14.2 Å². The molecule has 1 atom stereocenters. The summed E-state index contributed by atoms with van der Waals surface area (Å²) < 4.78 is 0.839. The maximum atomic E-state index is 11.5. The van der Waals surface area contributed by atoms with Crippen LogP contribution in [0.1, 0.15) is 18.2 Å². The van der Waals surface area contributed by atoms with Crippen molar-refractivity contribution in [3.05, 3.63) is 32.9 Å². The SMILES string of the molecule is C=C(CO)CC(C)(c1cc(Br)cs1)N(C(=O)O)C(N)=S. The first-order chi connectivity index (χ1) is 9.22. The molecular weight excluding hydrogens is 364 g/mol. The summed E-state index contributed by atoms with van der Waals surface area (Å²) in [6.07, 6.45) is -1.02. The highest BCUT2D eigenvalue weighted by atomic mass is 79.9. The number of rotatable bonds is 5. The van der Waals surface area contributed by atoms with E-state index in [0.29, 0.717) is 5.57 Å². The first-order valence-electron chi connectivity index (χ1n) is 5.57. The van der Waals surface area contributed by atoms with Gasteiger partial charge in [-0.2, -0.15) is 0 Å². The van der Waals surface area contributed by atoms with Gasteiger partial charge in [-0.15, -0.1) is 11.3 Å². The van der Waals surface area contributed by atoms with Crippen molar-refractivity contribution >= 4 is 50.7 Å². The Labute approximate surface area is 134 Å². The van der Waals surface area contributed by atoms with Gasteiger partial charge in [-0.1, -0.05) is 6.58 Å². The second kappa shape index (κ2) is 6.66. The summed E-state index contributed by atoms with van der Waals surface area (Å²) in [6, 6.07) is 1.81. The largest absolute Gasteiger partial charge is 0.465 e. The summed E-state index contributed by atoms with van der Waals surface area (Å²) in [7, 11) is 0. The molecule has 0 aliphatic heterocycles. The maximum Gasteiger partial charge on any atom is 0.414 e. The van der Waals surface area contributed by atoms with Crippen LogP contribution in [0.5, 0.6) is 0 Å². The Bertz CT molecular complexity index is 533. The van der Waals surface area contributed by atoms with Gasteiger partial charge in [-0.3, -0.25) is 0 Å². The third kappa shape index (κ3) is 3.57. The van der Waals surface area contributed by atoms with Gasteiger partial charge in [0.1, 0.15) is 0 Å². The zero-order valence-corrected chi connectivity index (χ0v) is 14.0. The Hall–Kier alpha value is -0.960. The van der Waals surface area contributed by atoms with E-state index in [1.807, 2.05) is 11.4 Å². The number of thiophene rings is 1. The topological polar surface area (TPSA) is 86.8 Å². The number of hydrogen-bond acceptors (Lipinski definition) is 4. The fraction of sp³-hybridized carbons (Fsp3) is 0.333. The number of thiocarbonyl (C=S) groups is 1. The molecule has 0 saturated carbocycles. The van der Waals surface area contributed by atoms with Crippen LogP contribution in [-0.2, 0) is 5.54 Å². The summed E-state index contributed by atoms with van der Waals surface area (Å²) in [5.74, 6) is 0. The molecule has 5 nitrogen and oxygen atoms in total. The van der Waals surface area contributed by atoms with Gasteiger partial charge in [0.2, 0.25) is 0 Å². The summed E-state index contributed by atoms with van der Waals surface area (Å²) >= 11 is 9.58. The lowest BCUT2D eigenvalue weighted by Gasteiger charge is -2.38. The van der Waals surface area contributed by atoms with Crippen LogP contribution in [0.25, 0.3) is 0 Å². The maximum absolute atomic E-state index is 11.5. The first kappa shape index (κ1) is 17.1. The number of aliphatic hydroxyl groups excluding tert-OH is 1. The molecular formula is C12H15BrN2O3S2. The molecule has 1 heterocycles. The third-order valence-corrected chi connectivity index (χ3v) is 4.95. The van der Waals surface area contributed by atoms with E-state index < -0.39 is 11.6 Å². The molecule has 0 aromatic carbocycles. The van der Waals surface area contributed by atoms with Crippen molar-refractivity contribution in [2.45, 2.75) is 18.9 Å². The summed E-state index contributed by atoms with van der Waals surface area (Å²) in [5, 5.41) is 20.2. The van der Waals surface area contributed by atoms with Crippen molar-refractivity contribution in [2.24, 2.45) is 5.73 Å². The number of carboxylic acid groups (broad SMARTS) is 1. The van der Waals surface area contributed by atoms with E-state index in [4.69, 9.17) is 18.0 Å². The smallest absolute Gasteiger partial charge is 0.414 e. The van der Waals surface area contributed by atoms with Crippen molar-refractivity contribution in [3.63, 3.8) is 0 Å². The lowest BCUT2D eigenvalue weighted by molar-refractivity contribution is 0.127. The number of carbonyl (C=O) groups is 1. The number of halogens is 1. The summed E-state index contributed by atoms with van der Waals surface area (Å²) in [6.45, 7) is 5.21. The summed E-state index contributed by atoms with van der Waals surface area (Å²) in [4.78, 5) is 13.2. The Morgan fingerprint density at radius 2 is 2.30 bits per heavy atom. The molecule has 0 bridgehead atoms. The fourth-order valence-electron chi connectivity index (χ4n) is 1.96.